The molecule has 0 saturated heterocycles. The van der Waals surface area contributed by atoms with Gasteiger partial charge in [0, 0.05) is 19.3 Å². The Morgan fingerprint density at radius 3 is 2.52 bits per heavy atom. The van der Waals surface area contributed by atoms with Crippen LogP contribution < -0.4 is 0 Å². The minimum absolute atomic E-state index is 0.125. The molecule has 0 radical (unpaired) electrons. The van der Waals surface area contributed by atoms with E-state index in [-0.39, 0.29) is 32.2 Å². The van der Waals surface area contributed by atoms with Gasteiger partial charge in [-0.05, 0) is 13.0 Å². The average molecular weight is 332 g/mol. The fraction of sp³-hybridized carbons (Fsp3) is 0.385. The molecule has 0 saturated carbocycles. The molecule has 1 amide bonds. The molecule has 2 heterocycles. The first-order valence-corrected chi connectivity index (χ1v) is 7.10. The van der Waals surface area contributed by atoms with Crippen LogP contribution in [0.25, 0.3) is 5.65 Å². The van der Waals surface area contributed by atoms with Gasteiger partial charge in [0.15, 0.2) is 5.65 Å². The third-order valence-electron chi connectivity index (χ3n) is 3.05. The summed E-state index contributed by atoms with van der Waals surface area (Å²) in [6.07, 6.45) is 1.56. The van der Waals surface area contributed by atoms with Crippen LogP contribution >= 0.6 is 23.2 Å². The fourth-order valence-corrected chi connectivity index (χ4v) is 2.66. The summed E-state index contributed by atoms with van der Waals surface area (Å²) >= 11 is 12.1. The van der Waals surface area contributed by atoms with E-state index in [2.05, 4.69) is 4.98 Å². The lowest BCUT2D eigenvalue weighted by Gasteiger charge is -2.20. The van der Waals surface area contributed by atoms with Crippen LogP contribution in [0.4, 0.5) is 0 Å². The first-order valence-electron chi connectivity index (χ1n) is 6.34. The average Bonchev–Trinajstić information content (AvgIpc) is 2.74. The third-order valence-corrected chi connectivity index (χ3v) is 3.53. The molecule has 0 fully saturated rings. The number of carbonyl (C=O) groups is 1. The predicted molar refractivity (Wildman–Crippen MR) is 80.0 cm³/mol. The Morgan fingerprint density at radius 2 is 1.95 bits per heavy atom. The van der Waals surface area contributed by atoms with Crippen molar-refractivity contribution in [3.8, 4) is 0 Å². The van der Waals surface area contributed by atoms with E-state index in [4.69, 9.17) is 33.4 Å². The van der Waals surface area contributed by atoms with Gasteiger partial charge in [-0.1, -0.05) is 23.2 Å². The number of aliphatic hydroxyl groups excluding tert-OH is 2. The maximum absolute atomic E-state index is 12.6. The maximum atomic E-state index is 12.6. The summed E-state index contributed by atoms with van der Waals surface area (Å²) in [6, 6.07) is 1.55. The second-order valence-electron chi connectivity index (χ2n) is 4.49. The number of aryl methyl sites for hydroxylation is 1. The number of pyridine rings is 1. The number of imidazole rings is 1. The van der Waals surface area contributed by atoms with Crippen molar-refractivity contribution < 1.29 is 15.0 Å². The zero-order chi connectivity index (χ0) is 15.6. The molecule has 0 unspecified atom stereocenters. The van der Waals surface area contributed by atoms with E-state index in [0.717, 1.165) is 0 Å². The van der Waals surface area contributed by atoms with Crippen molar-refractivity contribution in [1.82, 2.24) is 14.3 Å². The number of rotatable bonds is 5. The van der Waals surface area contributed by atoms with Gasteiger partial charge >= 0.3 is 0 Å². The van der Waals surface area contributed by atoms with Gasteiger partial charge in [-0.15, -0.1) is 0 Å². The summed E-state index contributed by atoms with van der Waals surface area (Å²) in [4.78, 5) is 18.2. The Labute approximate surface area is 131 Å². The number of hydrogen-bond acceptors (Lipinski definition) is 4. The van der Waals surface area contributed by atoms with E-state index in [1.807, 2.05) is 0 Å². The highest BCUT2D eigenvalue weighted by atomic mass is 35.5. The highest BCUT2D eigenvalue weighted by Crippen LogP contribution is 2.25. The van der Waals surface area contributed by atoms with Crippen molar-refractivity contribution >= 4 is 34.8 Å². The molecule has 21 heavy (non-hydrogen) atoms. The topological polar surface area (TPSA) is 78.1 Å². The minimum Gasteiger partial charge on any atom is -0.395 e. The Balaban J connectivity index is 2.54. The minimum atomic E-state index is -0.346. The summed E-state index contributed by atoms with van der Waals surface area (Å²) in [7, 11) is 0. The SMILES string of the molecule is Cc1nc2c(Cl)cc(Cl)cn2c1C(=O)N(CCO)CCO. The van der Waals surface area contributed by atoms with E-state index in [0.29, 0.717) is 27.1 Å². The summed E-state index contributed by atoms with van der Waals surface area (Å²) in [6.45, 7) is 1.56. The van der Waals surface area contributed by atoms with Crippen molar-refractivity contribution in [3.05, 3.63) is 33.7 Å². The second-order valence-corrected chi connectivity index (χ2v) is 5.33. The predicted octanol–water partition coefficient (Wildman–Crippen LogP) is 1.38. The van der Waals surface area contributed by atoms with Crippen LogP contribution in [0.15, 0.2) is 12.3 Å². The largest absolute Gasteiger partial charge is 0.395 e. The van der Waals surface area contributed by atoms with Crippen LogP contribution in [0.1, 0.15) is 16.2 Å². The Kier molecular flexibility index (Phi) is 5.05. The summed E-state index contributed by atoms with van der Waals surface area (Å²) in [5.74, 6) is -0.346. The molecule has 2 rings (SSSR count). The van der Waals surface area contributed by atoms with Crippen LogP contribution in [-0.2, 0) is 0 Å². The molecule has 2 aromatic rings. The van der Waals surface area contributed by atoms with E-state index in [1.54, 1.807) is 19.2 Å². The van der Waals surface area contributed by atoms with Crippen molar-refractivity contribution in [2.75, 3.05) is 26.3 Å². The van der Waals surface area contributed by atoms with Gasteiger partial charge in [0.1, 0.15) is 5.69 Å². The van der Waals surface area contributed by atoms with Crippen molar-refractivity contribution in [3.63, 3.8) is 0 Å². The molecular formula is C13H15Cl2N3O3. The van der Waals surface area contributed by atoms with Crippen molar-refractivity contribution in [1.29, 1.82) is 0 Å². The van der Waals surface area contributed by atoms with E-state index < -0.39 is 0 Å². The molecule has 2 aromatic heterocycles. The van der Waals surface area contributed by atoms with Crippen LogP contribution in [0, 0.1) is 6.92 Å². The zero-order valence-corrected chi connectivity index (χ0v) is 12.9. The number of carbonyl (C=O) groups excluding carboxylic acids is 1. The monoisotopic (exact) mass is 331 g/mol. The van der Waals surface area contributed by atoms with E-state index in [9.17, 15) is 4.79 Å². The molecular weight excluding hydrogens is 317 g/mol. The third kappa shape index (κ3) is 3.13. The van der Waals surface area contributed by atoms with E-state index >= 15 is 0 Å². The van der Waals surface area contributed by atoms with Crippen LogP contribution in [0.5, 0.6) is 0 Å². The lowest BCUT2D eigenvalue weighted by atomic mass is 10.3. The van der Waals surface area contributed by atoms with Gasteiger partial charge in [0.05, 0.1) is 29.0 Å². The normalized spacial score (nSPS) is 11.1. The smallest absolute Gasteiger partial charge is 0.272 e. The molecule has 0 bridgehead atoms. The summed E-state index contributed by atoms with van der Waals surface area (Å²) in [5, 5.41) is 18.8. The molecule has 8 heteroatoms. The summed E-state index contributed by atoms with van der Waals surface area (Å²) in [5.41, 5.74) is 1.26. The first-order chi connectivity index (χ1) is 9.99. The Hall–Kier alpha value is -1.34. The molecule has 0 aliphatic heterocycles. The highest BCUT2D eigenvalue weighted by Gasteiger charge is 2.23. The maximum Gasteiger partial charge on any atom is 0.272 e. The van der Waals surface area contributed by atoms with Gasteiger partial charge in [-0.2, -0.15) is 0 Å². The molecule has 2 N–H and O–H groups in total. The number of amides is 1. The second kappa shape index (κ2) is 6.62. The van der Waals surface area contributed by atoms with Crippen molar-refractivity contribution in [2.45, 2.75) is 6.92 Å². The molecule has 0 aliphatic rings. The number of aromatic nitrogens is 2. The van der Waals surface area contributed by atoms with Gasteiger partial charge < -0.3 is 15.1 Å². The van der Waals surface area contributed by atoms with E-state index in [1.165, 1.54) is 9.30 Å². The van der Waals surface area contributed by atoms with Gasteiger partial charge in [0.2, 0.25) is 0 Å². The zero-order valence-electron chi connectivity index (χ0n) is 11.4. The van der Waals surface area contributed by atoms with Gasteiger partial charge in [0.25, 0.3) is 5.91 Å². The Morgan fingerprint density at radius 1 is 1.33 bits per heavy atom. The van der Waals surface area contributed by atoms with Gasteiger partial charge in [-0.25, -0.2) is 4.98 Å². The molecule has 0 atom stereocenters. The molecule has 0 aliphatic carbocycles. The number of aliphatic hydroxyl groups is 2. The first kappa shape index (κ1) is 16.0. The van der Waals surface area contributed by atoms with Crippen LogP contribution in [0.2, 0.25) is 10.0 Å². The standard InChI is InChI=1S/C13H15Cl2N3O3/c1-8-11(13(21)17(2-4-19)3-5-20)18-7-9(14)6-10(15)12(18)16-8/h6-7,19-20H,2-5H2,1H3. The number of nitrogens with zero attached hydrogens (tertiary/aromatic N) is 3. The lowest BCUT2D eigenvalue weighted by Crippen LogP contribution is -2.36. The quantitative estimate of drug-likeness (QED) is 0.867. The highest BCUT2D eigenvalue weighted by molar-refractivity contribution is 6.36. The molecule has 6 nitrogen and oxygen atoms in total. The molecule has 114 valence electrons. The van der Waals surface area contributed by atoms with Crippen molar-refractivity contribution in [2.24, 2.45) is 0 Å². The number of halogens is 2. The number of hydrogen-bond donors (Lipinski definition) is 2. The molecule has 0 aromatic carbocycles. The lowest BCUT2D eigenvalue weighted by molar-refractivity contribution is 0.0677. The summed E-state index contributed by atoms with van der Waals surface area (Å²) < 4.78 is 1.53. The van der Waals surface area contributed by atoms with Crippen LogP contribution in [-0.4, -0.2) is 56.7 Å². The molecule has 0 spiro atoms. The fourth-order valence-electron chi connectivity index (χ4n) is 2.15. The Bertz CT molecular complexity index is 666. The number of fused-ring (bicyclic) bond motifs is 1. The van der Waals surface area contributed by atoms with Gasteiger partial charge in [-0.3, -0.25) is 9.20 Å². The van der Waals surface area contributed by atoms with Crippen LogP contribution in [0.3, 0.4) is 0 Å².